The number of rotatable bonds is 4. The molecule has 1 aliphatic rings. The molecule has 2 rings (SSSR count). The van der Waals surface area contributed by atoms with Crippen LogP contribution in [0.15, 0.2) is 24.3 Å². The van der Waals surface area contributed by atoms with Gasteiger partial charge in [0.15, 0.2) is 17.6 Å². The van der Waals surface area contributed by atoms with Gasteiger partial charge in [0.2, 0.25) is 5.91 Å². The fourth-order valence-corrected chi connectivity index (χ4v) is 1.94. The van der Waals surface area contributed by atoms with Crippen LogP contribution in [0.25, 0.3) is 0 Å². The van der Waals surface area contributed by atoms with Crippen LogP contribution in [0.3, 0.4) is 0 Å². The van der Waals surface area contributed by atoms with Gasteiger partial charge in [-0.1, -0.05) is 12.1 Å². The summed E-state index contributed by atoms with van der Waals surface area (Å²) >= 11 is 0. The molecule has 1 aromatic carbocycles. The fraction of sp³-hybridized carbons (Fsp3) is 0.462. The Labute approximate surface area is 106 Å². The summed E-state index contributed by atoms with van der Waals surface area (Å²) in [5.41, 5.74) is 5.37. The fourth-order valence-electron chi connectivity index (χ4n) is 1.94. The molecule has 18 heavy (non-hydrogen) atoms. The van der Waals surface area contributed by atoms with Crippen molar-refractivity contribution in [3.8, 4) is 11.5 Å². The Bertz CT molecular complexity index is 422. The minimum atomic E-state index is -0.143. The summed E-state index contributed by atoms with van der Waals surface area (Å²) in [5, 5.41) is 0. The zero-order chi connectivity index (χ0) is 13.0. The van der Waals surface area contributed by atoms with E-state index in [4.69, 9.17) is 15.2 Å². The average Bonchev–Trinajstić information content (AvgIpc) is 2.43. The van der Waals surface area contributed by atoms with Crippen LogP contribution in [0.1, 0.15) is 6.92 Å². The van der Waals surface area contributed by atoms with Crippen LogP contribution in [0.2, 0.25) is 0 Å². The van der Waals surface area contributed by atoms with Gasteiger partial charge in [-0.3, -0.25) is 4.79 Å². The summed E-state index contributed by atoms with van der Waals surface area (Å²) < 4.78 is 11.4. The van der Waals surface area contributed by atoms with Gasteiger partial charge >= 0.3 is 0 Å². The predicted octanol–water partition coefficient (Wildman–Crippen LogP) is 0.634. The summed E-state index contributed by atoms with van der Waals surface area (Å²) in [6, 6.07) is 7.53. The Morgan fingerprint density at radius 3 is 2.83 bits per heavy atom. The van der Waals surface area contributed by atoms with E-state index in [0.717, 1.165) is 11.5 Å². The number of carbonyl (C=O) groups is 1. The summed E-state index contributed by atoms with van der Waals surface area (Å²) in [7, 11) is 0. The standard InChI is InChI=1S/C13H18N2O3/c1-2-15(13(16)7-14)8-10-9-17-11-5-3-4-6-12(11)18-10/h3-6,10H,2,7-9,14H2,1H3. The lowest BCUT2D eigenvalue weighted by molar-refractivity contribution is -0.131. The van der Waals surface area contributed by atoms with Crippen molar-refractivity contribution in [1.82, 2.24) is 4.90 Å². The molecule has 0 aliphatic carbocycles. The molecule has 1 aromatic rings. The van der Waals surface area contributed by atoms with Crippen LogP contribution in [0.5, 0.6) is 11.5 Å². The molecule has 0 bridgehead atoms. The summed E-state index contributed by atoms with van der Waals surface area (Å²) in [6.07, 6.45) is -0.143. The quantitative estimate of drug-likeness (QED) is 0.851. The van der Waals surface area contributed by atoms with E-state index in [2.05, 4.69) is 0 Å². The lowest BCUT2D eigenvalue weighted by Gasteiger charge is -2.30. The van der Waals surface area contributed by atoms with E-state index >= 15 is 0 Å². The molecule has 1 heterocycles. The highest BCUT2D eigenvalue weighted by atomic mass is 16.6. The van der Waals surface area contributed by atoms with Gasteiger partial charge in [-0.05, 0) is 19.1 Å². The zero-order valence-electron chi connectivity index (χ0n) is 10.5. The van der Waals surface area contributed by atoms with Crippen LogP contribution in [0.4, 0.5) is 0 Å². The maximum Gasteiger partial charge on any atom is 0.236 e. The van der Waals surface area contributed by atoms with Gasteiger partial charge < -0.3 is 20.1 Å². The summed E-state index contributed by atoms with van der Waals surface area (Å²) in [5.74, 6) is 1.41. The van der Waals surface area contributed by atoms with Gasteiger partial charge in [0.25, 0.3) is 0 Å². The molecule has 0 radical (unpaired) electrons. The van der Waals surface area contributed by atoms with E-state index < -0.39 is 0 Å². The van der Waals surface area contributed by atoms with Gasteiger partial charge in [-0.25, -0.2) is 0 Å². The van der Waals surface area contributed by atoms with Crippen molar-refractivity contribution in [1.29, 1.82) is 0 Å². The number of benzene rings is 1. The monoisotopic (exact) mass is 250 g/mol. The Morgan fingerprint density at radius 2 is 2.17 bits per heavy atom. The minimum absolute atomic E-state index is 0.0258. The van der Waals surface area contributed by atoms with Crippen molar-refractivity contribution < 1.29 is 14.3 Å². The van der Waals surface area contributed by atoms with E-state index in [1.165, 1.54) is 0 Å². The molecule has 98 valence electrons. The normalized spacial score (nSPS) is 17.3. The number of para-hydroxylation sites is 2. The second-order valence-corrected chi connectivity index (χ2v) is 4.13. The molecule has 0 saturated carbocycles. The highest BCUT2D eigenvalue weighted by Crippen LogP contribution is 2.30. The van der Waals surface area contributed by atoms with Crippen molar-refractivity contribution in [2.75, 3.05) is 26.2 Å². The SMILES string of the molecule is CCN(CC1COc2ccccc2O1)C(=O)CN. The summed E-state index contributed by atoms with van der Waals surface area (Å²) in [4.78, 5) is 13.2. The third kappa shape index (κ3) is 2.73. The molecule has 2 N–H and O–H groups in total. The van der Waals surface area contributed by atoms with E-state index in [9.17, 15) is 4.79 Å². The molecule has 0 saturated heterocycles. The van der Waals surface area contributed by atoms with Crippen molar-refractivity contribution >= 4 is 5.91 Å². The average molecular weight is 250 g/mol. The summed E-state index contributed by atoms with van der Waals surface area (Å²) in [6.45, 7) is 3.52. The maximum absolute atomic E-state index is 11.6. The second-order valence-electron chi connectivity index (χ2n) is 4.13. The number of likely N-dealkylation sites (N-methyl/N-ethyl adjacent to an activating group) is 1. The molecular weight excluding hydrogens is 232 g/mol. The largest absolute Gasteiger partial charge is 0.486 e. The van der Waals surface area contributed by atoms with Crippen molar-refractivity contribution in [3.63, 3.8) is 0 Å². The Kier molecular flexibility index (Phi) is 4.04. The van der Waals surface area contributed by atoms with E-state index in [1.54, 1.807) is 4.90 Å². The van der Waals surface area contributed by atoms with Crippen LogP contribution >= 0.6 is 0 Å². The van der Waals surface area contributed by atoms with Crippen LogP contribution < -0.4 is 15.2 Å². The second kappa shape index (κ2) is 5.73. The first-order valence-electron chi connectivity index (χ1n) is 6.11. The topological polar surface area (TPSA) is 64.8 Å². The molecule has 0 aromatic heterocycles. The number of hydrogen-bond donors (Lipinski definition) is 1. The van der Waals surface area contributed by atoms with Crippen LogP contribution in [-0.2, 0) is 4.79 Å². The highest BCUT2D eigenvalue weighted by molar-refractivity contribution is 5.78. The molecule has 0 spiro atoms. The molecule has 5 heteroatoms. The third-order valence-electron chi connectivity index (χ3n) is 2.90. The molecule has 1 aliphatic heterocycles. The molecule has 1 unspecified atom stereocenters. The molecule has 0 fully saturated rings. The first-order valence-corrected chi connectivity index (χ1v) is 6.11. The number of fused-ring (bicyclic) bond motifs is 1. The minimum Gasteiger partial charge on any atom is -0.486 e. The van der Waals surface area contributed by atoms with E-state index in [-0.39, 0.29) is 18.6 Å². The number of ether oxygens (including phenoxy) is 2. The van der Waals surface area contributed by atoms with E-state index in [1.807, 2.05) is 31.2 Å². The van der Waals surface area contributed by atoms with Gasteiger partial charge in [-0.2, -0.15) is 0 Å². The first-order chi connectivity index (χ1) is 8.74. The lowest BCUT2D eigenvalue weighted by Crippen LogP contribution is -2.45. The van der Waals surface area contributed by atoms with Crippen LogP contribution in [-0.4, -0.2) is 43.2 Å². The number of amides is 1. The van der Waals surface area contributed by atoms with Crippen LogP contribution in [0, 0.1) is 0 Å². The number of carbonyl (C=O) groups excluding carboxylic acids is 1. The van der Waals surface area contributed by atoms with Crippen molar-refractivity contribution in [2.45, 2.75) is 13.0 Å². The Morgan fingerprint density at radius 1 is 1.44 bits per heavy atom. The smallest absolute Gasteiger partial charge is 0.236 e. The molecular formula is C13H18N2O3. The van der Waals surface area contributed by atoms with Crippen molar-refractivity contribution in [2.24, 2.45) is 5.73 Å². The third-order valence-corrected chi connectivity index (χ3v) is 2.90. The maximum atomic E-state index is 11.6. The van der Waals surface area contributed by atoms with Gasteiger partial charge in [-0.15, -0.1) is 0 Å². The van der Waals surface area contributed by atoms with Gasteiger partial charge in [0, 0.05) is 6.54 Å². The zero-order valence-corrected chi connectivity index (χ0v) is 10.5. The highest BCUT2D eigenvalue weighted by Gasteiger charge is 2.24. The number of nitrogens with two attached hydrogens (primary N) is 1. The number of nitrogens with zero attached hydrogens (tertiary/aromatic N) is 1. The Hall–Kier alpha value is -1.75. The van der Waals surface area contributed by atoms with E-state index in [0.29, 0.717) is 19.7 Å². The Balaban J connectivity index is 1.98. The molecule has 1 amide bonds. The molecule has 1 atom stereocenters. The predicted molar refractivity (Wildman–Crippen MR) is 67.7 cm³/mol. The van der Waals surface area contributed by atoms with Crippen molar-refractivity contribution in [3.05, 3.63) is 24.3 Å². The van der Waals surface area contributed by atoms with Gasteiger partial charge in [0.1, 0.15) is 6.61 Å². The van der Waals surface area contributed by atoms with Gasteiger partial charge in [0.05, 0.1) is 13.1 Å². The number of hydrogen-bond acceptors (Lipinski definition) is 4. The lowest BCUT2D eigenvalue weighted by atomic mass is 10.2. The first kappa shape index (κ1) is 12.7. The molecule has 5 nitrogen and oxygen atoms in total.